The summed E-state index contributed by atoms with van der Waals surface area (Å²) in [6.45, 7) is 6.74. The molecule has 0 saturated heterocycles. The largest absolute Gasteiger partial charge is 0.418 e. The van der Waals surface area contributed by atoms with Crippen LogP contribution in [-0.2, 0) is 11.0 Å². The lowest BCUT2D eigenvalue weighted by Crippen LogP contribution is -2.34. The van der Waals surface area contributed by atoms with Crippen molar-refractivity contribution in [1.29, 1.82) is 0 Å². The molecule has 2 heterocycles. The second-order valence-electron chi connectivity index (χ2n) is 6.51. The van der Waals surface area contributed by atoms with Crippen LogP contribution >= 0.6 is 11.3 Å². The zero-order valence-corrected chi connectivity index (χ0v) is 16.5. The standard InChI is InChI=1S/C19H18F3N3O2S/c1-9-11(3)28-17-15(9)18(27)25(12(4)23-17)10(2)16(26)24-14-8-6-5-7-13(14)19(20,21)22/h5-8,10H,1-4H3,(H,24,26). The molecule has 1 atom stereocenters. The third-order valence-electron chi connectivity index (χ3n) is 4.67. The molecule has 148 valence electrons. The number of amides is 1. The molecule has 1 N–H and O–H groups in total. The first-order valence-electron chi connectivity index (χ1n) is 8.48. The molecule has 0 fully saturated rings. The van der Waals surface area contributed by atoms with Gasteiger partial charge in [0.05, 0.1) is 16.6 Å². The van der Waals surface area contributed by atoms with E-state index >= 15 is 0 Å². The molecule has 0 aliphatic carbocycles. The Morgan fingerprint density at radius 3 is 2.50 bits per heavy atom. The number of alkyl halides is 3. The van der Waals surface area contributed by atoms with E-state index in [-0.39, 0.29) is 11.2 Å². The van der Waals surface area contributed by atoms with Crippen molar-refractivity contribution in [2.24, 2.45) is 0 Å². The van der Waals surface area contributed by atoms with Crippen LogP contribution in [0.25, 0.3) is 10.2 Å². The summed E-state index contributed by atoms with van der Waals surface area (Å²) in [6.07, 6.45) is -4.61. The molecule has 0 saturated carbocycles. The van der Waals surface area contributed by atoms with E-state index in [0.29, 0.717) is 16.0 Å². The van der Waals surface area contributed by atoms with Crippen molar-refractivity contribution >= 4 is 33.1 Å². The fraction of sp³-hybridized carbons (Fsp3) is 0.316. The first-order chi connectivity index (χ1) is 13.0. The molecule has 0 bridgehead atoms. The molecular formula is C19H18F3N3O2S. The van der Waals surface area contributed by atoms with Gasteiger partial charge >= 0.3 is 6.18 Å². The highest BCUT2D eigenvalue weighted by Crippen LogP contribution is 2.35. The highest BCUT2D eigenvalue weighted by molar-refractivity contribution is 7.18. The van der Waals surface area contributed by atoms with Gasteiger partial charge in [-0.1, -0.05) is 12.1 Å². The second kappa shape index (κ2) is 7.05. The number of hydrogen-bond acceptors (Lipinski definition) is 4. The Hall–Kier alpha value is -2.68. The van der Waals surface area contributed by atoms with Gasteiger partial charge in [0.15, 0.2) is 0 Å². The van der Waals surface area contributed by atoms with Crippen LogP contribution in [0.2, 0.25) is 0 Å². The molecule has 1 aromatic carbocycles. The van der Waals surface area contributed by atoms with Gasteiger partial charge in [0, 0.05) is 4.88 Å². The molecule has 3 aromatic rings. The number of nitrogens with zero attached hydrogens (tertiary/aromatic N) is 2. The monoisotopic (exact) mass is 409 g/mol. The number of carbonyl (C=O) groups excluding carboxylic acids is 1. The Bertz CT molecular complexity index is 1130. The molecule has 28 heavy (non-hydrogen) atoms. The summed E-state index contributed by atoms with van der Waals surface area (Å²) in [5.41, 5.74) is -0.885. The number of benzene rings is 1. The van der Waals surface area contributed by atoms with Gasteiger partial charge in [0.1, 0.15) is 16.7 Å². The molecule has 1 amide bonds. The number of carbonyl (C=O) groups is 1. The first-order valence-corrected chi connectivity index (χ1v) is 9.30. The average Bonchev–Trinajstić information content (AvgIpc) is 2.88. The zero-order chi connectivity index (χ0) is 20.8. The van der Waals surface area contributed by atoms with Crippen LogP contribution in [-0.4, -0.2) is 15.5 Å². The minimum Gasteiger partial charge on any atom is -0.324 e. The predicted molar refractivity (Wildman–Crippen MR) is 103 cm³/mol. The van der Waals surface area contributed by atoms with Gasteiger partial charge < -0.3 is 5.32 Å². The number of nitrogens with one attached hydrogen (secondary N) is 1. The van der Waals surface area contributed by atoms with Gasteiger partial charge in [0.2, 0.25) is 5.91 Å². The van der Waals surface area contributed by atoms with Crippen molar-refractivity contribution in [2.75, 3.05) is 5.32 Å². The number of aromatic nitrogens is 2. The maximum Gasteiger partial charge on any atom is 0.418 e. The van der Waals surface area contributed by atoms with Gasteiger partial charge in [0.25, 0.3) is 5.56 Å². The van der Waals surface area contributed by atoms with Crippen LogP contribution in [0.15, 0.2) is 29.1 Å². The molecular weight excluding hydrogens is 391 g/mol. The lowest BCUT2D eigenvalue weighted by molar-refractivity contribution is -0.137. The number of para-hydroxylation sites is 1. The van der Waals surface area contributed by atoms with Crippen molar-refractivity contribution in [1.82, 2.24) is 9.55 Å². The van der Waals surface area contributed by atoms with Crippen LogP contribution in [0, 0.1) is 20.8 Å². The van der Waals surface area contributed by atoms with E-state index < -0.39 is 23.7 Å². The summed E-state index contributed by atoms with van der Waals surface area (Å²) in [5.74, 6) is -0.404. The molecule has 3 rings (SSSR count). The van der Waals surface area contributed by atoms with Gasteiger partial charge in [-0.25, -0.2) is 4.98 Å². The smallest absolute Gasteiger partial charge is 0.324 e. The third-order valence-corrected chi connectivity index (χ3v) is 5.77. The molecule has 0 radical (unpaired) electrons. The molecule has 1 unspecified atom stereocenters. The number of anilines is 1. The minimum atomic E-state index is -4.61. The van der Waals surface area contributed by atoms with Crippen molar-refractivity contribution < 1.29 is 18.0 Å². The SMILES string of the molecule is Cc1sc2nc(C)n(C(C)C(=O)Nc3ccccc3C(F)(F)F)c(=O)c2c1C. The quantitative estimate of drug-likeness (QED) is 0.688. The summed E-state index contributed by atoms with van der Waals surface area (Å²) < 4.78 is 40.7. The topological polar surface area (TPSA) is 64.0 Å². The zero-order valence-electron chi connectivity index (χ0n) is 15.6. The normalized spacial score (nSPS) is 13.0. The average molecular weight is 409 g/mol. The van der Waals surface area contributed by atoms with Gasteiger partial charge in [-0.15, -0.1) is 11.3 Å². The summed E-state index contributed by atoms with van der Waals surface area (Å²) in [7, 11) is 0. The van der Waals surface area contributed by atoms with E-state index in [0.717, 1.165) is 16.5 Å². The number of halogens is 3. The highest BCUT2D eigenvalue weighted by Gasteiger charge is 2.34. The van der Waals surface area contributed by atoms with Crippen LogP contribution in [0.3, 0.4) is 0 Å². The molecule has 9 heteroatoms. The number of rotatable bonds is 3. The van der Waals surface area contributed by atoms with Gasteiger partial charge in [-0.3, -0.25) is 14.2 Å². The van der Waals surface area contributed by atoms with E-state index in [4.69, 9.17) is 0 Å². The van der Waals surface area contributed by atoms with Crippen molar-refractivity contribution in [3.8, 4) is 0 Å². The number of fused-ring (bicyclic) bond motifs is 1. The Balaban J connectivity index is 2.02. The maximum absolute atomic E-state index is 13.2. The summed E-state index contributed by atoms with van der Waals surface area (Å²) in [6, 6.07) is 3.68. The predicted octanol–water partition coefficient (Wildman–Crippen LogP) is 4.60. The maximum atomic E-state index is 13.2. The molecule has 0 aliphatic rings. The van der Waals surface area contributed by atoms with Crippen molar-refractivity contribution in [3.05, 3.63) is 56.4 Å². The minimum absolute atomic E-state index is 0.325. The van der Waals surface area contributed by atoms with Crippen LogP contribution < -0.4 is 10.9 Å². The fourth-order valence-electron chi connectivity index (χ4n) is 3.06. The third kappa shape index (κ3) is 3.42. The fourth-order valence-corrected chi connectivity index (χ4v) is 4.12. The Labute approximate surface area is 162 Å². The molecule has 0 spiro atoms. The Kier molecular flexibility index (Phi) is 5.05. The van der Waals surface area contributed by atoms with Gasteiger partial charge in [-0.2, -0.15) is 13.2 Å². The van der Waals surface area contributed by atoms with Crippen LogP contribution in [0.4, 0.5) is 18.9 Å². The van der Waals surface area contributed by atoms with Crippen molar-refractivity contribution in [2.45, 2.75) is 39.9 Å². The second-order valence-corrected chi connectivity index (χ2v) is 7.71. The first kappa shape index (κ1) is 20.1. The van der Waals surface area contributed by atoms with E-state index in [1.807, 2.05) is 6.92 Å². The van der Waals surface area contributed by atoms with E-state index in [9.17, 15) is 22.8 Å². The lowest BCUT2D eigenvalue weighted by Gasteiger charge is -2.19. The lowest BCUT2D eigenvalue weighted by atomic mass is 10.1. The molecule has 5 nitrogen and oxygen atoms in total. The number of hydrogen-bond donors (Lipinski definition) is 1. The Morgan fingerprint density at radius 2 is 1.86 bits per heavy atom. The summed E-state index contributed by atoms with van der Waals surface area (Å²) in [5, 5.41) is 2.73. The summed E-state index contributed by atoms with van der Waals surface area (Å²) >= 11 is 1.39. The number of aryl methyl sites for hydroxylation is 3. The van der Waals surface area contributed by atoms with E-state index in [1.165, 1.54) is 41.0 Å². The van der Waals surface area contributed by atoms with Crippen molar-refractivity contribution in [3.63, 3.8) is 0 Å². The highest BCUT2D eigenvalue weighted by atomic mass is 32.1. The molecule has 0 aliphatic heterocycles. The Morgan fingerprint density at radius 1 is 1.21 bits per heavy atom. The van der Waals surface area contributed by atoms with Crippen LogP contribution in [0.1, 0.15) is 34.8 Å². The van der Waals surface area contributed by atoms with E-state index in [2.05, 4.69) is 10.3 Å². The van der Waals surface area contributed by atoms with Crippen LogP contribution in [0.5, 0.6) is 0 Å². The molecule has 2 aromatic heterocycles. The van der Waals surface area contributed by atoms with Gasteiger partial charge in [-0.05, 0) is 45.4 Å². The summed E-state index contributed by atoms with van der Waals surface area (Å²) in [4.78, 5) is 31.6. The number of thiophene rings is 1. The van der Waals surface area contributed by atoms with E-state index in [1.54, 1.807) is 13.8 Å².